The lowest BCUT2D eigenvalue weighted by molar-refractivity contribution is 0.0951. The van der Waals surface area contributed by atoms with Gasteiger partial charge in [0.2, 0.25) is 0 Å². The van der Waals surface area contributed by atoms with Crippen LogP contribution in [-0.2, 0) is 0 Å². The van der Waals surface area contributed by atoms with Crippen LogP contribution in [-0.4, -0.2) is 21.7 Å². The fourth-order valence-electron chi connectivity index (χ4n) is 1.95. The third-order valence-electron chi connectivity index (χ3n) is 3.17. The molecule has 7 heteroatoms. The van der Waals surface area contributed by atoms with E-state index in [2.05, 4.69) is 10.4 Å². The van der Waals surface area contributed by atoms with Gasteiger partial charge in [0.1, 0.15) is 6.07 Å². The van der Waals surface area contributed by atoms with Crippen LogP contribution in [0, 0.1) is 11.3 Å². The summed E-state index contributed by atoms with van der Waals surface area (Å²) in [7, 11) is 0. The van der Waals surface area contributed by atoms with Crippen molar-refractivity contribution in [1.82, 2.24) is 15.1 Å². The number of nitrogens with zero attached hydrogens (tertiary/aromatic N) is 3. The van der Waals surface area contributed by atoms with Gasteiger partial charge < -0.3 is 5.32 Å². The molecule has 1 aliphatic rings. The molecule has 0 unspecified atom stereocenters. The van der Waals surface area contributed by atoms with Gasteiger partial charge in [-0.3, -0.25) is 4.79 Å². The monoisotopic (exact) mass is 320 g/mol. The van der Waals surface area contributed by atoms with Crippen LogP contribution in [0.15, 0.2) is 24.4 Å². The van der Waals surface area contributed by atoms with Crippen molar-refractivity contribution in [2.75, 3.05) is 0 Å². The molecule has 1 aliphatic carbocycles. The molecule has 1 amide bonds. The van der Waals surface area contributed by atoms with E-state index in [9.17, 15) is 10.1 Å². The van der Waals surface area contributed by atoms with Crippen LogP contribution in [0.25, 0.3) is 5.69 Å². The van der Waals surface area contributed by atoms with E-state index in [0.717, 1.165) is 12.8 Å². The fraction of sp³-hybridized carbons (Fsp3) is 0.214. The number of carbonyl (C=O) groups excluding carboxylic acids is 1. The molecule has 2 aromatic rings. The predicted molar refractivity (Wildman–Crippen MR) is 78.8 cm³/mol. The molecule has 0 radical (unpaired) electrons. The standard InChI is InChI=1S/C14H10Cl2N4O/c15-8-1-4-12(11(16)5-8)20-13(6-17)10(7-18-20)14(21)19-9-2-3-9/h1,4-5,7,9H,2-3H2,(H,19,21). The molecular weight excluding hydrogens is 311 g/mol. The maximum Gasteiger partial charge on any atom is 0.256 e. The Balaban J connectivity index is 2.01. The largest absolute Gasteiger partial charge is 0.349 e. The van der Waals surface area contributed by atoms with Gasteiger partial charge in [0.25, 0.3) is 5.91 Å². The number of carbonyl (C=O) groups is 1. The summed E-state index contributed by atoms with van der Waals surface area (Å²) in [6.45, 7) is 0. The molecule has 0 spiro atoms. The summed E-state index contributed by atoms with van der Waals surface area (Å²) in [5.74, 6) is -0.287. The summed E-state index contributed by atoms with van der Waals surface area (Å²) in [6.07, 6.45) is 3.33. The first kappa shape index (κ1) is 13.9. The number of rotatable bonds is 3. The highest BCUT2D eigenvalue weighted by Crippen LogP contribution is 2.26. The molecule has 1 heterocycles. The van der Waals surface area contributed by atoms with Crippen LogP contribution in [0.3, 0.4) is 0 Å². The Morgan fingerprint density at radius 2 is 2.19 bits per heavy atom. The highest BCUT2D eigenvalue weighted by Gasteiger charge is 2.27. The Morgan fingerprint density at radius 3 is 2.81 bits per heavy atom. The van der Waals surface area contributed by atoms with Crippen molar-refractivity contribution in [3.63, 3.8) is 0 Å². The Labute approximate surface area is 131 Å². The molecule has 0 bridgehead atoms. The van der Waals surface area contributed by atoms with Crippen molar-refractivity contribution in [1.29, 1.82) is 5.26 Å². The fourth-order valence-corrected chi connectivity index (χ4v) is 2.44. The average molecular weight is 321 g/mol. The van der Waals surface area contributed by atoms with E-state index >= 15 is 0 Å². The molecule has 0 atom stereocenters. The van der Waals surface area contributed by atoms with Gasteiger partial charge in [0.15, 0.2) is 5.69 Å². The van der Waals surface area contributed by atoms with E-state index in [1.807, 2.05) is 6.07 Å². The Hall–Kier alpha value is -2.03. The summed E-state index contributed by atoms with van der Waals surface area (Å²) in [6, 6.07) is 7.08. The second kappa shape index (κ2) is 5.40. The normalized spacial score (nSPS) is 13.8. The SMILES string of the molecule is N#Cc1c(C(=O)NC2CC2)cnn1-c1ccc(Cl)cc1Cl. The highest BCUT2D eigenvalue weighted by molar-refractivity contribution is 6.35. The first-order chi connectivity index (χ1) is 10.1. The van der Waals surface area contributed by atoms with Gasteiger partial charge in [-0.2, -0.15) is 10.4 Å². The number of hydrogen-bond donors (Lipinski definition) is 1. The second-order valence-corrected chi connectivity index (χ2v) is 5.62. The Kier molecular flexibility index (Phi) is 3.58. The number of aromatic nitrogens is 2. The first-order valence-electron chi connectivity index (χ1n) is 6.34. The van der Waals surface area contributed by atoms with E-state index in [4.69, 9.17) is 23.2 Å². The average Bonchev–Trinajstić information content (AvgIpc) is 3.15. The zero-order valence-corrected chi connectivity index (χ0v) is 12.3. The van der Waals surface area contributed by atoms with E-state index in [0.29, 0.717) is 15.7 Å². The zero-order chi connectivity index (χ0) is 15.0. The molecule has 1 saturated carbocycles. The number of nitrogens with one attached hydrogen (secondary N) is 1. The number of hydrogen-bond acceptors (Lipinski definition) is 3. The van der Waals surface area contributed by atoms with Gasteiger partial charge in [0.05, 0.1) is 22.5 Å². The van der Waals surface area contributed by atoms with E-state index in [1.54, 1.807) is 18.2 Å². The second-order valence-electron chi connectivity index (χ2n) is 4.77. The minimum absolute atomic E-state index is 0.150. The third-order valence-corrected chi connectivity index (χ3v) is 3.71. The topological polar surface area (TPSA) is 70.7 Å². The first-order valence-corrected chi connectivity index (χ1v) is 7.10. The van der Waals surface area contributed by atoms with Gasteiger partial charge in [-0.15, -0.1) is 0 Å². The summed E-state index contributed by atoms with van der Waals surface area (Å²) >= 11 is 12.0. The van der Waals surface area contributed by atoms with E-state index < -0.39 is 0 Å². The van der Waals surface area contributed by atoms with E-state index in [-0.39, 0.29) is 23.2 Å². The third kappa shape index (κ3) is 2.73. The quantitative estimate of drug-likeness (QED) is 0.945. The molecule has 1 N–H and O–H groups in total. The highest BCUT2D eigenvalue weighted by atomic mass is 35.5. The molecular formula is C14H10Cl2N4O. The van der Waals surface area contributed by atoms with Gasteiger partial charge in [0, 0.05) is 11.1 Å². The zero-order valence-electron chi connectivity index (χ0n) is 10.8. The Morgan fingerprint density at radius 1 is 1.43 bits per heavy atom. The number of halogens is 2. The molecule has 1 fully saturated rings. The van der Waals surface area contributed by atoms with Crippen LogP contribution >= 0.6 is 23.2 Å². The molecule has 1 aromatic heterocycles. The maximum absolute atomic E-state index is 12.1. The summed E-state index contributed by atoms with van der Waals surface area (Å²) in [5.41, 5.74) is 0.899. The van der Waals surface area contributed by atoms with Crippen molar-refractivity contribution in [3.05, 3.63) is 45.7 Å². The summed E-state index contributed by atoms with van der Waals surface area (Å²) in [5, 5.41) is 17.1. The van der Waals surface area contributed by atoms with Crippen LogP contribution in [0.4, 0.5) is 0 Å². The number of amides is 1. The minimum atomic E-state index is -0.287. The molecule has 1 aromatic carbocycles. The van der Waals surface area contributed by atoms with Crippen molar-refractivity contribution in [3.8, 4) is 11.8 Å². The van der Waals surface area contributed by atoms with Gasteiger partial charge in [-0.1, -0.05) is 23.2 Å². The van der Waals surface area contributed by atoms with Gasteiger partial charge in [-0.25, -0.2) is 4.68 Å². The minimum Gasteiger partial charge on any atom is -0.349 e. The Bertz CT molecular complexity index is 759. The molecule has 21 heavy (non-hydrogen) atoms. The summed E-state index contributed by atoms with van der Waals surface area (Å²) < 4.78 is 1.35. The molecule has 0 aliphatic heterocycles. The predicted octanol–water partition coefficient (Wildman–Crippen LogP) is 2.94. The van der Waals surface area contributed by atoms with Crippen molar-refractivity contribution in [2.45, 2.75) is 18.9 Å². The van der Waals surface area contributed by atoms with Crippen molar-refractivity contribution < 1.29 is 4.79 Å². The maximum atomic E-state index is 12.1. The van der Waals surface area contributed by atoms with Crippen LogP contribution in [0.2, 0.25) is 10.0 Å². The lowest BCUT2D eigenvalue weighted by Crippen LogP contribution is -2.25. The molecule has 0 saturated heterocycles. The summed E-state index contributed by atoms with van der Waals surface area (Å²) in [4.78, 5) is 12.1. The van der Waals surface area contributed by atoms with Crippen LogP contribution in [0.1, 0.15) is 28.9 Å². The molecule has 106 valence electrons. The smallest absolute Gasteiger partial charge is 0.256 e. The van der Waals surface area contributed by atoms with Gasteiger partial charge >= 0.3 is 0 Å². The lowest BCUT2D eigenvalue weighted by atomic mass is 10.2. The molecule has 5 nitrogen and oxygen atoms in total. The van der Waals surface area contributed by atoms with Crippen molar-refractivity contribution >= 4 is 29.1 Å². The van der Waals surface area contributed by atoms with E-state index in [1.165, 1.54) is 10.9 Å². The number of benzene rings is 1. The molecule has 3 rings (SSSR count). The van der Waals surface area contributed by atoms with Gasteiger partial charge in [-0.05, 0) is 31.0 Å². The van der Waals surface area contributed by atoms with Crippen molar-refractivity contribution in [2.24, 2.45) is 0 Å². The van der Waals surface area contributed by atoms with Crippen LogP contribution < -0.4 is 5.32 Å². The van der Waals surface area contributed by atoms with Crippen LogP contribution in [0.5, 0.6) is 0 Å². The lowest BCUT2D eigenvalue weighted by Gasteiger charge is -2.06. The number of nitriles is 1.